The summed E-state index contributed by atoms with van der Waals surface area (Å²) in [6.07, 6.45) is 5.54. The van der Waals surface area contributed by atoms with Crippen molar-refractivity contribution >= 4 is 11.7 Å². The van der Waals surface area contributed by atoms with Gasteiger partial charge in [-0.15, -0.1) is 0 Å². The van der Waals surface area contributed by atoms with E-state index in [0.717, 1.165) is 56.8 Å². The number of nitrogens with one attached hydrogen (secondary N) is 1. The second-order valence-electron chi connectivity index (χ2n) is 7.18. The summed E-state index contributed by atoms with van der Waals surface area (Å²) in [5.74, 6) is 0. The molecule has 2 fully saturated rings. The lowest BCUT2D eigenvalue weighted by Crippen LogP contribution is -2.46. The Kier molecular flexibility index (Phi) is 6.70. The Morgan fingerprint density at radius 3 is 2.68 bits per heavy atom. The third-order valence-electron chi connectivity index (χ3n) is 5.35. The Labute approximate surface area is 151 Å². The molecule has 25 heavy (non-hydrogen) atoms. The topological polar surface area (TPSA) is 44.8 Å². The SMILES string of the molecule is Cc1ccccc1NC(=O)N(CCCN1CCCC1)C1CCOCC1. The summed E-state index contributed by atoms with van der Waals surface area (Å²) >= 11 is 0. The molecule has 138 valence electrons. The molecule has 0 atom stereocenters. The Balaban J connectivity index is 1.59. The first kappa shape index (κ1) is 18.2. The lowest BCUT2D eigenvalue weighted by molar-refractivity contribution is 0.0471. The number of para-hydroxylation sites is 1. The van der Waals surface area contributed by atoms with E-state index >= 15 is 0 Å². The Morgan fingerprint density at radius 2 is 1.96 bits per heavy atom. The molecule has 1 N–H and O–H groups in total. The zero-order valence-corrected chi connectivity index (χ0v) is 15.4. The molecule has 0 bridgehead atoms. The van der Waals surface area contributed by atoms with Gasteiger partial charge < -0.3 is 19.9 Å². The predicted octanol–water partition coefficient (Wildman–Crippen LogP) is 3.49. The van der Waals surface area contributed by atoms with Crippen LogP contribution in [0, 0.1) is 6.92 Å². The quantitative estimate of drug-likeness (QED) is 0.858. The molecule has 2 saturated heterocycles. The summed E-state index contributed by atoms with van der Waals surface area (Å²) in [5.41, 5.74) is 2.00. The van der Waals surface area contributed by atoms with Gasteiger partial charge in [0.15, 0.2) is 0 Å². The fourth-order valence-electron chi connectivity index (χ4n) is 3.82. The molecule has 2 aliphatic rings. The number of anilines is 1. The van der Waals surface area contributed by atoms with E-state index in [1.165, 1.54) is 25.9 Å². The molecule has 0 aliphatic carbocycles. The summed E-state index contributed by atoms with van der Waals surface area (Å²) in [6.45, 7) is 7.88. The van der Waals surface area contributed by atoms with Gasteiger partial charge in [0, 0.05) is 31.5 Å². The summed E-state index contributed by atoms with van der Waals surface area (Å²) < 4.78 is 5.49. The van der Waals surface area contributed by atoms with E-state index in [9.17, 15) is 4.79 Å². The number of amides is 2. The minimum absolute atomic E-state index is 0.0302. The maximum Gasteiger partial charge on any atom is 0.322 e. The molecule has 5 nitrogen and oxygen atoms in total. The van der Waals surface area contributed by atoms with E-state index < -0.39 is 0 Å². The average molecular weight is 345 g/mol. The van der Waals surface area contributed by atoms with Crippen LogP contribution in [-0.2, 0) is 4.74 Å². The molecule has 1 aromatic carbocycles. The first-order valence-corrected chi connectivity index (χ1v) is 9.67. The van der Waals surface area contributed by atoms with Crippen molar-refractivity contribution in [1.29, 1.82) is 0 Å². The van der Waals surface area contributed by atoms with Crippen molar-refractivity contribution in [1.82, 2.24) is 9.80 Å². The standard InChI is InChI=1S/C20H31N3O2/c1-17-7-2-3-8-19(17)21-20(24)23(18-9-15-25-16-10-18)14-6-13-22-11-4-5-12-22/h2-3,7-8,18H,4-6,9-16H2,1H3,(H,21,24). The minimum Gasteiger partial charge on any atom is -0.381 e. The van der Waals surface area contributed by atoms with Gasteiger partial charge in [-0.2, -0.15) is 0 Å². The van der Waals surface area contributed by atoms with E-state index in [2.05, 4.69) is 10.2 Å². The molecule has 3 rings (SSSR count). The number of nitrogens with zero attached hydrogens (tertiary/aromatic N) is 2. The summed E-state index contributed by atoms with van der Waals surface area (Å²) in [7, 11) is 0. The number of rotatable bonds is 6. The van der Waals surface area contributed by atoms with Gasteiger partial charge >= 0.3 is 6.03 Å². The third-order valence-corrected chi connectivity index (χ3v) is 5.35. The van der Waals surface area contributed by atoms with Crippen LogP contribution >= 0.6 is 0 Å². The number of aryl methyl sites for hydroxylation is 1. The molecule has 0 spiro atoms. The van der Waals surface area contributed by atoms with Crippen LogP contribution in [0.5, 0.6) is 0 Å². The first-order valence-electron chi connectivity index (χ1n) is 9.67. The van der Waals surface area contributed by atoms with E-state index in [1.54, 1.807) is 0 Å². The van der Waals surface area contributed by atoms with Crippen LogP contribution in [0.3, 0.4) is 0 Å². The van der Waals surface area contributed by atoms with Crippen LogP contribution in [0.1, 0.15) is 37.7 Å². The fourth-order valence-corrected chi connectivity index (χ4v) is 3.82. The molecule has 2 heterocycles. The van der Waals surface area contributed by atoms with Crippen LogP contribution in [-0.4, -0.2) is 61.3 Å². The molecule has 2 amide bonds. The lowest BCUT2D eigenvalue weighted by atomic mass is 10.1. The number of carbonyl (C=O) groups is 1. The van der Waals surface area contributed by atoms with Gasteiger partial charge in [-0.3, -0.25) is 0 Å². The molecule has 5 heteroatoms. The summed E-state index contributed by atoms with van der Waals surface area (Å²) in [6, 6.07) is 8.28. The normalized spacial score (nSPS) is 19.1. The third kappa shape index (κ3) is 5.19. The van der Waals surface area contributed by atoms with Gasteiger partial charge in [0.1, 0.15) is 0 Å². The van der Waals surface area contributed by atoms with Crippen molar-refractivity contribution in [2.75, 3.05) is 44.7 Å². The number of hydrogen-bond acceptors (Lipinski definition) is 3. The Bertz CT molecular complexity index is 552. The van der Waals surface area contributed by atoms with Gasteiger partial charge in [0.2, 0.25) is 0 Å². The lowest BCUT2D eigenvalue weighted by Gasteiger charge is -2.35. The minimum atomic E-state index is 0.0302. The van der Waals surface area contributed by atoms with Gasteiger partial charge in [0.25, 0.3) is 0 Å². The Morgan fingerprint density at radius 1 is 1.24 bits per heavy atom. The number of likely N-dealkylation sites (tertiary alicyclic amines) is 1. The molecular weight excluding hydrogens is 314 g/mol. The van der Waals surface area contributed by atoms with Crippen LogP contribution in [0.25, 0.3) is 0 Å². The molecule has 0 saturated carbocycles. The van der Waals surface area contributed by atoms with Crippen molar-refractivity contribution in [3.05, 3.63) is 29.8 Å². The second kappa shape index (κ2) is 9.20. The van der Waals surface area contributed by atoms with Crippen molar-refractivity contribution in [2.24, 2.45) is 0 Å². The smallest absolute Gasteiger partial charge is 0.322 e. The number of carbonyl (C=O) groups excluding carboxylic acids is 1. The number of ether oxygens (including phenoxy) is 1. The maximum atomic E-state index is 13.0. The maximum absolute atomic E-state index is 13.0. The van der Waals surface area contributed by atoms with E-state index in [-0.39, 0.29) is 12.1 Å². The van der Waals surface area contributed by atoms with Crippen molar-refractivity contribution in [2.45, 2.75) is 45.1 Å². The van der Waals surface area contributed by atoms with E-state index in [1.807, 2.05) is 36.1 Å². The van der Waals surface area contributed by atoms with E-state index in [0.29, 0.717) is 0 Å². The predicted molar refractivity (Wildman–Crippen MR) is 101 cm³/mol. The fraction of sp³-hybridized carbons (Fsp3) is 0.650. The summed E-state index contributed by atoms with van der Waals surface area (Å²) in [5, 5.41) is 3.12. The van der Waals surface area contributed by atoms with Gasteiger partial charge in [-0.1, -0.05) is 18.2 Å². The molecule has 0 radical (unpaired) electrons. The van der Waals surface area contributed by atoms with Crippen LogP contribution < -0.4 is 5.32 Å². The number of urea groups is 1. The average Bonchev–Trinajstić information content (AvgIpc) is 3.15. The van der Waals surface area contributed by atoms with E-state index in [4.69, 9.17) is 4.74 Å². The molecule has 0 aromatic heterocycles. The van der Waals surface area contributed by atoms with Gasteiger partial charge in [0.05, 0.1) is 0 Å². The highest BCUT2D eigenvalue weighted by atomic mass is 16.5. The van der Waals surface area contributed by atoms with Crippen LogP contribution in [0.15, 0.2) is 24.3 Å². The second-order valence-corrected chi connectivity index (χ2v) is 7.18. The zero-order valence-electron chi connectivity index (χ0n) is 15.4. The monoisotopic (exact) mass is 345 g/mol. The zero-order chi connectivity index (χ0) is 17.5. The number of hydrogen-bond donors (Lipinski definition) is 1. The Hall–Kier alpha value is -1.59. The molecule has 2 aliphatic heterocycles. The molecular formula is C20H31N3O2. The first-order chi connectivity index (χ1) is 12.2. The molecule has 1 aromatic rings. The summed E-state index contributed by atoms with van der Waals surface area (Å²) in [4.78, 5) is 17.5. The van der Waals surface area contributed by atoms with Gasteiger partial charge in [-0.25, -0.2) is 4.79 Å². The van der Waals surface area contributed by atoms with Crippen LogP contribution in [0.2, 0.25) is 0 Å². The molecule has 0 unspecified atom stereocenters. The highest BCUT2D eigenvalue weighted by Gasteiger charge is 2.26. The largest absolute Gasteiger partial charge is 0.381 e. The highest BCUT2D eigenvalue weighted by Crippen LogP contribution is 2.19. The van der Waals surface area contributed by atoms with Crippen LogP contribution in [0.4, 0.5) is 10.5 Å². The highest BCUT2D eigenvalue weighted by molar-refractivity contribution is 5.90. The van der Waals surface area contributed by atoms with Crippen molar-refractivity contribution in [3.8, 4) is 0 Å². The van der Waals surface area contributed by atoms with Crippen molar-refractivity contribution < 1.29 is 9.53 Å². The van der Waals surface area contributed by atoms with Gasteiger partial charge in [-0.05, 0) is 70.3 Å². The number of benzene rings is 1. The van der Waals surface area contributed by atoms with Crippen molar-refractivity contribution in [3.63, 3.8) is 0 Å².